The molecule has 7 nitrogen and oxygen atoms in total. The molecule has 1 saturated heterocycles. The van der Waals surface area contributed by atoms with Crippen LogP contribution in [0.3, 0.4) is 0 Å². The van der Waals surface area contributed by atoms with E-state index in [-0.39, 0.29) is 11.9 Å². The molecule has 0 aromatic heterocycles. The number of hydroxylamine groups is 2. The first-order valence-corrected chi connectivity index (χ1v) is 14.1. The Labute approximate surface area is 228 Å². The third-order valence-corrected chi connectivity index (χ3v) is 8.03. The van der Waals surface area contributed by atoms with Crippen LogP contribution in [0.25, 0.3) is 11.1 Å². The maximum absolute atomic E-state index is 13.7. The van der Waals surface area contributed by atoms with Crippen LogP contribution in [-0.2, 0) is 11.4 Å². The smallest absolute Gasteiger partial charge is 0.255 e. The summed E-state index contributed by atoms with van der Waals surface area (Å²) in [5.74, 6) is 2.36. The van der Waals surface area contributed by atoms with Crippen molar-refractivity contribution in [2.45, 2.75) is 58.0 Å². The number of nitrogens with zero attached hydrogens (tertiary/aromatic N) is 2. The number of methoxy groups -OCH3 is 2. The van der Waals surface area contributed by atoms with Crippen LogP contribution in [0.1, 0.15) is 61.4 Å². The van der Waals surface area contributed by atoms with Gasteiger partial charge in [-0.05, 0) is 62.9 Å². The lowest BCUT2D eigenvalue weighted by Gasteiger charge is -2.33. The van der Waals surface area contributed by atoms with E-state index in [2.05, 4.69) is 37.3 Å². The molecule has 208 valence electrons. The van der Waals surface area contributed by atoms with Gasteiger partial charge in [0.1, 0.15) is 11.5 Å². The predicted octanol–water partition coefficient (Wildman–Crippen LogP) is 5.38. The summed E-state index contributed by atoms with van der Waals surface area (Å²) in [6.45, 7) is 5.38. The zero-order valence-corrected chi connectivity index (χ0v) is 23.8. The van der Waals surface area contributed by atoms with Gasteiger partial charge in [-0.3, -0.25) is 9.63 Å². The van der Waals surface area contributed by atoms with E-state index in [9.17, 15) is 4.79 Å². The van der Waals surface area contributed by atoms with Crippen LogP contribution in [0.5, 0.6) is 11.5 Å². The summed E-state index contributed by atoms with van der Waals surface area (Å²) in [5.41, 5.74) is 3.48. The van der Waals surface area contributed by atoms with E-state index >= 15 is 0 Å². The molecule has 2 aromatic rings. The number of rotatable bonds is 11. The van der Waals surface area contributed by atoms with E-state index in [1.165, 1.54) is 32.1 Å². The first-order valence-electron chi connectivity index (χ1n) is 14.1. The SMILES string of the molecule is CC[C@H]1CON(Cc2cccc(-c3ccc(OC)c(C(=O)NC(CN(C)C)C4CCCCC4)c3)c2OC)C1. The predicted molar refractivity (Wildman–Crippen MR) is 152 cm³/mol. The van der Waals surface area contributed by atoms with Crippen molar-refractivity contribution in [2.75, 3.05) is 48.0 Å². The van der Waals surface area contributed by atoms with Gasteiger partial charge in [0.25, 0.3) is 5.91 Å². The van der Waals surface area contributed by atoms with Gasteiger partial charge in [0.2, 0.25) is 0 Å². The summed E-state index contributed by atoms with van der Waals surface area (Å²) in [6.07, 6.45) is 7.21. The molecule has 1 unspecified atom stereocenters. The van der Waals surface area contributed by atoms with Gasteiger partial charge in [0, 0.05) is 30.3 Å². The standard InChI is InChI=1S/C31H45N3O4/c1-6-22-18-34(38-21-22)19-25-13-10-14-26(30(25)37-5)24-15-16-29(36-4)27(17-24)31(35)32-28(20-33(2)3)23-11-8-7-9-12-23/h10,13-17,22-23,28H,6-9,11-12,18-21H2,1-5H3,(H,32,35)/t22-,28?/m1/s1. The molecule has 38 heavy (non-hydrogen) atoms. The van der Waals surface area contributed by atoms with E-state index in [0.29, 0.717) is 29.7 Å². The second-order valence-corrected chi connectivity index (χ2v) is 11.0. The zero-order valence-electron chi connectivity index (χ0n) is 23.8. The lowest BCUT2D eigenvalue weighted by Crippen LogP contribution is -2.47. The number of amides is 1. The molecule has 1 aliphatic carbocycles. The number of carbonyl (C=O) groups excluding carboxylic acids is 1. The van der Waals surface area contributed by atoms with Gasteiger partial charge in [0.05, 0.1) is 32.9 Å². The molecule has 0 spiro atoms. The molecule has 1 N–H and O–H groups in total. The summed E-state index contributed by atoms with van der Waals surface area (Å²) in [7, 11) is 7.45. The number of ether oxygens (including phenoxy) is 2. The summed E-state index contributed by atoms with van der Waals surface area (Å²) >= 11 is 0. The Hall–Kier alpha value is -2.61. The van der Waals surface area contributed by atoms with Crippen LogP contribution in [0.2, 0.25) is 0 Å². The molecule has 2 aromatic carbocycles. The Morgan fingerprint density at radius 2 is 1.92 bits per heavy atom. The second kappa shape index (κ2) is 13.5. The van der Waals surface area contributed by atoms with Crippen molar-refractivity contribution in [1.29, 1.82) is 0 Å². The van der Waals surface area contributed by atoms with Crippen molar-refractivity contribution >= 4 is 5.91 Å². The molecule has 2 atom stereocenters. The number of benzene rings is 2. The molecule has 2 fully saturated rings. The molecule has 1 amide bonds. The first-order chi connectivity index (χ1) is 18.4. The fourth-order valence-electron chi connectivity index (χ4n) is 5.87. The average molecular weight is 524 g/mol. The molecule has 0 radical (unpaired) electrons. The van der Waals surface area contributed by atoms with Crippen LogP contribution in [-0.4, -0.2) is 69.9 Å². The van der Waals surface area contributed by atoms with Crippen LogP contribution in [0.15, 0.2) is 36.4 Å². The van der Waals surface area contributed by atoms with Crippen molar-refractivity contribution < 1.29 is 19.1 Å². The summed E-state index contributed by atoms with van der Waals surface area (Å²) in [5, 5.41) is 5.40. The minimum absolute atomic E-state index is 0.0904. The van der Waals surface area contributed by atoms with E-state index in [4.69, 9.17) is 14.3 Å². The Bertz CT molecular complexity index is 1070. The summed E-state index contributed by atoms with van der Waals surface area (Å²) in [6, 6.07) is 12.1. The molecular formula is C31H45N3O4. The van der Waals surface area contributed by atoms with Crippen LogP contribution in [0.4, 0.5) is 0 Å². The van der Waals surface area contributed by atoms with Crippen molar-refractivity contribution in [1.82, 2.24) is 15.3 Å². The Morgan fingerprint density at radius 3 is 2.58 bits per heavy atom. The molecule has 1 aliphatic heterocycles. The minimum atomic E-state index is -0.0904. The third kappa shape index (κ3) is 6.87. The van der Waals surface area contributed by atoms with Crippen molar-refractivity contribution in [3.63, 3.8) is 0 Å². The Morgan fingerprint density at radius 1 is 1.13 bits per heavy atom. The highest BCUT2D eigenvalue weighted by molar-refractivity contribution is 5.98. The van der Waals surface area contributed by atoms with Gasteiger partial charge in [-0.1, -0.05) is 50.5 Å². The molecular weight excluding hydrogens is 478 g/mol. The second-order valence-electron chi connectivity index (χ2n) is 11.0. The number of carbonyl (C=O) groups is 1. The summed E-state index contributed by atoms with van der Waals surface area (Å²) in [4.78, 5) is 21.8. The highest BCUT2D eigenvalue weighted by Crippen LogP contribution is 2.37. The number of hydrogen-bond donors (Lipinski definition) is 1. The normalized spacial score (nSPS) is 19.5. The van der Waals surface area contributed by atoms with Gasteiger partial charge in [-0.25, -0.2) is 0 Å². The maximum Gasteiger partial charge on any atom is 0.255 e. The number of likely N-dealkylation sites (N-methyl/N-ethyl adjacent to an activating group) is 1. The number of para-hydroxylation sites is 1. The van der Waals surface area contributed by atoms with Gasteiger partial charge >= 0.3 is 0 Å². The molecule has 4 rings (SSSR count). The summed E-state index contributed by atoms with van der Waals surface area (Å²) < 4.78 is 11.5. The fourth-order valence-corrected chi connectivity index (χ4v) is 5.87. The zero-order chi connectivity index (χ0) is 27.1. The van der Waals surface area contributed by atoms with Gasteiger partial charge in [0.15, 0.2) is 0 Å². The van der Waals surface area contributed by atoms with Crippen molar-refractivity contribution in [3.8, 4) is 22.6 Å². The van der Waals surface area contributed by atoms with Gasteiger partial charge in [-0.15, -0.1) is 0 Å². The third-order valence-electron chi connectivity index (χ3n) is 8.03. The lowest BCUT2D eigenvalue weighted by molar-refractivity contribution is -0.117. The monoisotopic (exact) mass is 523 g/mol. The van der Waals surface area contributed by atoms with E-state index in [0.717, 1.165) is 48.6 Å². The average Bonchev–Trinajstić information content (AvgIpc) is 3.40. The molecule has 7 heteroatoms. The molecule has 2 aliphatic rings. The molecule has 0 bridgehead atoms. The van der Waals surface area contributed by atoms with Crippen LogP contribution >= 0.6 is 0 Å². The molecule has 1 heterocycles. The van der Waals surface area contributed by atoms with Crippen molar-refractivity contribution in [3.05, 3.63) is 47.5 Å². The van der Waals surface area contributed by atoms with Gasteiger partial charge in [-0.2, -0.15) is 5.06 Å². The minimum Gasteiger partial charge on any atom is -0.496 e. The quantitative estimate of drug-likeness (QED) is 0.426. The number of hydrogen-bond acceptors (Lipinski definition) is 6. The lowest BCUT2D eigenvalue weighted by atomic mass is 9.83. The highest BCUT2D eigenvalue weighted by Gasteiger charge is 2.28. The van der Waals surface area contributed by atoms with E-state index < -0.39 is 0 Å². The first kappa shape index (κ1) is 28.4. The van der Waals surface area contributed by atoms with Gasteiger partial charge < -0.3 is 19.7 Å². The van der Waals surface area contributed by atoms with Crippen LogP contribution < -0.4 is 14.8 Å². The largest absolute Gasteiger partial charge is 0.496 e. The molecule has 1 saturated carbocycles. The van der Waals surface area contributed by atoms with E-state index in [1.54, 1.807) is 14.2 Å². The number of nitrogens with one attached hydrogen (secondary N) is 1. The Balaban J connectivity index is 1.60. The fraction of sp³-hybridized carbons (Fsp3) is 0.581. The van der Waals surface area contributed by atoms with Crippen LogP contribution in [0, 0.1) is 11.8 Å². The highest BCUT2D eigenvalue weighted by atomic mass is 16.7. The topological polar surface area (TPSA) is 63.3 Å². The Kier molecular flexibility index (Phi) is 10.1. The maximum atomic E-state index is 13.7. The van der Waals surface area contributed by atoms with E-state index in [1.807, 2.05) is 35.4 Å². The van der Waals surface area contributed by atoms with Crippen molar-refractivity contribution in [2.24, 2.45) is 11.8 Å².